The van der Waals surface area contributed by atoms with Gasteiger partial charge in [-0.15, -0.1) is 0 Å². The molecule has 0 atom stereocenters. The molecule has 91 valence electrons. The first-order chi connectivity index (χ1) is 7.47. The first kappa shape index (κ1) is 20.3. The largest absolute Gasteiger partial charge is 0.307 e. The Balaban J connectivity index is -0.000000214. The summed E-state index contributed by atoms with van der Waals surface area (Å²) in [6.07, 6.45) is 5.44. The van der Waals surface area contributed by atoms with E-state index in [0.29, 0.717) is 0 Å². The predicted molar refractivity (Wildman–Crippen MR) is 60.0 cm³/mol. The van der Waals surface area contributed by atoms with Crippen LogP contribution in [-0.2, 0) is 44.3 Å². The quantitative estimate of drug-likeness (QED) is 0.529. The minimum Gasteiger partial charge on any atom is -0.307 e. The Kier molecular flexibility index (Phi) is 20.7. The third-order valence-corrected chi connectivity index (χ3v) is 2.15. The van der Waals surface area contributed by atoms with E-state index in [-0.39, 0.29) is 17.1 Å². The molecule has 0 aromatic heterocycles. The zero-order valence-corrected chi connectivity index (χ0v) is 10.5. The van der Waals surface area contributed by atoms with Gasteiger partial charge in [0.15, 0.2) is 0 Å². The normalized spacial score (nSPS) is 10.5. The van der Waals surface area contributed by atoms with Crippen molar-refractivity contribution in [1.82, 2.24) is 0 Å². The zero-order valence-electron chi connectivity index (χ0n) is 9.28. The SMILES string of the molecule is C=O.C=O.C=O.[Mn].c1cc2c([cH-]1)CCCC2. The minimum atomic E-state index is 0. The van der Waals surface area contributed by atoms with Crippen molar-refractivity contribution < 1.29 is 31.5 Å². The second-order valence-electron chi connectivity index (χ2n) is 2.78. The van der Waals surface area contributed by atoms with E-state index in [1.165, 1.54) is 25.7 Å². The van der Waals surface area contributed by atoms with Gasteiger partial charge < -0.3 is 14.4 Å². The summed E-state index contributed by atoms with van der Waals surface area (Å²) in [7, 11) is 0. The monoisotopic (exact) mass is 264 g/mol. The first-order valence-electron chi connectivity index (χ1n) is 4.57. The molecule has 1 aromatic rings. The molecule has 0 N–H and O–H groups in total. The molecule has 0 fully saturated rings. The molecule has 1 radical (unpaired) electrons. The summed E-state index contributed by atoms with van der Waals surface area (Å²) in [6.45, 7) is 6.00. The predicted octanol–water partition coefficient (Wildman–Crippen LogP) is 1.73. The third kappa shape index (κ3) is 7.21. The van der Waals surface area contributed by atoms with Crippen LogP contribution in [-0.4, -0.2) is 20.4 Å². The Morgan fingerprint density at radius 3 is 1.94 bits per heavy atom. The maximum atomic E-state index is 8.00. The molecule has 0 bridgehead atoms. The fraction of sp³-hybridized carbons (Fsp3) is 0.333. The number of aryl methyl sites for hydroxylation is 2. The third-order valence-electron chi connectivity index (χ3n) is 2.15. The van der Waals surface area contributed by atoms with Crippen LogP contribution in [0, 0.1) is 0 Å². The van der Waals surface area contributed by atoms with Crippen molar-refractivity contribution in [1.29, 1.82) is 0 Å². The van der Waals surface area contributed by atoms with E-state index in [1.807, 2.05) is 20.4 Å². The van der Waals surface area contributed by atoms with Gasteiger partial charge in [0.1, 0.15) is 20.4 Å². The van der Waals surface area contributed by atoms with Gasteiger partial charge in [0.2, 0.25) is 0 Å². The summed E-state index contributed by atoms with van der Waals surface area (Å²) in [5, 5.41) is 0. The van der Waals surface area contributed by atoms with Crippen molar-refractivity contribution in [2.45, 2.75) is 25.7 Å². The molecule has 0 saturated heterocycles. The van der Waals surface area contributed by atoms with Gasteiger partial charge >= 0.3 is 0 Å². The number of carbonyl (C=O) groups excluding carboxylic acids is 3. The smallest absolute Gasteiger partial charge is 0.106 e. The van der Waals surface area contributed by atoms with E-state index in [0.717, 1.165) is 0 Å². The molecule has 0 saturated carbocycles. The Hall–Kier alpha value is -1.12. The fourth-order valence-electron chi connectivity index (χ4n) is 1.61. The summed E-state index contributed by atoms with van der Waals surface area (Å²) in [4.78, 5) is 24.0. The van der Waals surface area contributed by atoms with Crippen LogP contribution in [0.2, 0.25) is 0 Å². The average molecular weight is 264 g/mol. The molecule has 1 aromatic carbocycles. The molecule has 0 spiro atoms. The van der Waals surface area contributed by atoms with Gasteiger partial charge in [-0.05, 0) is 0 Å². The molecule has 1 aliphatic carbocycles. The molecular formula is C12H17MnO3-. The van der Waals surface area contributed by atoms with Crippen molar-refractivity contribution in [2.75, 3.05) is 0 Å². The molecule has 4 heteroatoms. The van der Waals surface area contributed by atoms with E-state index >= 15 is 0 Å². The van der Waals surface area contributed by atoms with Crippen LogP contribution in [0.1, 0.15) is 24.0 Å². The van der Waals surface area contributed by atoms with Crippen molar-refractivity contribution in [3.05, 3.63) is 29.3 Å². The second-order valence-corrected chi connectivity index (χ2v) is 2.78. The van der Waals surface area contributed by atoms with Gasteiger partial charge in [-0.25, -0.2) is 6.07 Å². The topological polar surface area (TPSA) is 51.2 Å². The van der Waals surface area contributed by atoms with Crippen LogP contribution in [0.5, 0.6) is 0 Å². The average Bonchev–Trinajstić information content (AvgIpc) is 2.85. The summed E-state index contributed by atoms with van der Waals surface area (Å²) in [5.74, 6) is 0. The van der Waals surface area contributed by atoms with E-state index in [9.17, 15) is 0 Å². The Labute approximate surface area is 107 Å². The molecule has 0 unspecified atom stereocenters. The Morgan fingerprint density at radius 2 is 1.44 bits per heavy atom. The van der Waals surface area contributed by atoms with Gasteiger partial charge in [-0.2, -0.15) is 23.3 Å². The maximum absolute atomic E-state index is 8.00. The molecule has 3 nitrogen and oxygen atoms in total. The van der Waals surface area contributed by atoms with Crippen molar-refractivity contribution in [3.8, 4) is 0 Å². The maximum Gasteiger partial charge on any atom is 0.106 e. The standard InChI is InChI=1S/C9H11.3CH2O.Mn/c1-2-5-9-7-3-6-8(9)4-1;3*1-2;/h3,6-7H,1-2,4-5H2;3*1H2;/q-1;;;;. The molecule has 0 amide bonds. The summed E-state index contributed by atoms with van der Waals surface area (Å²) in [6, 6.07) is 6.69. The van der Waals surface area contributed by atoms with Crippen LogP contribution in [0.3, 0.4) is 0 Å². The number of hydrogen-bond donors (Lipinski definition) is 0. The molecule has 16 heavy (non-hydrogen) atoms. The zero-order chi connectivity index (χ0) is 12.1. The summed E-state index contributed by atoms with van der Waals surface area (Å²) >= 11 is 0. The number of fused-ring (bicyclic) bond motifs is 1. The van der Waals surface area contributed by atoms with Crippen LogP contribution in [0.4, 0.5) is 0 Å². The molecule has 1 aliphatic rings. The van der Waals surface area contributed by atoms with Crippen LogP contribution in [0.15, 0.2) is 18.2 Å². The molecule has 2 rings (SSSR count). The summed E-state index contributed by atoms with van der Waals surface area (Å²) < 4.78 is 0. The van der Waals surface area contributed by atoms with Gasteiger partial charge in [-0.3, -0.25) is 0 Å². The summed E-state index contributed by atoms with van der Waals surface area (Å²) in [5.41, 5.74) is 3.20. The Bertz CT molecular complexity index is 223. The second kappa shape index (κ2) is 16.3. The van der Waals surface area contributed by atoms with E-state index in [2.05, 4.69) is 18.2 Å². The number of hydrogen-bond acceptors (Lipinski definition) is 3. The van der Waals surface area contributed by atoms with Crippen LogP contribution in [0.25, 0.3) is 0 Å². The van der Waals surface area contributed by atoms with Gasteiger partial charge in [0.25, 0.3) is 0 Å². The van der Waals surface area contributed by atoms with Crippen molar-refractivity contribution in [2.24, 2.45) is 0 Å². The van der Waals surface area contributed by atoms with Crippen molar-refractivity contribution >= 4 is 20.4 Å². The first-order valence-corrected chi connectivity index (χ1v) is 4.57. The van der Waals surface area contributed by atoms with E-state index in [1.54, 1.807) is 11.1 Å². The molecule has 0 heterocycles. The van der Waals surface area contributed by atoms with Crippen molar-refractivity contribution in [3.63, 3.8) is 0 Å². The van der Waals surface area contributed by atoms with Gasteiger partial charge in [-0.1, -0.05) is 25.7 Å². The molecule has 0 aliphatic heterocycles. The van der Waals surface area contributed by atoms with Gasteiger partial charge in [0, 0.05) is 17.1 Å². The number of carbonyl (C=O) groups is 3. The van der Waals surface area contributed by atoms with Gasteiger partial charge in [0.05, 0.1) is 0 Å². The fourth-order valence-corrected chi connectivity index (χ4v) is 1.61. The van der Waals surface area contributed by atoms with Crippen LogP contribution >= 0.6 is 0 Å². The van der Waals surface area contributed by atoms with E-state index in [4.69, 9.17) is 14.4 Å². The Morgan fingerprint density at radius 1 is 0.938 bits per heavy atom. The minimum absolute atomic E-state index is 0. The number of rotatable bonds is 0. The van der Waals surface area contributed by atoms with Crippen LogP contribution < -0.4 is 0 Å². The van der Waals surface area contributed by atoms with E-state index < -0.39 is 0 Å². The molecular weight excluding hydrogens is 247 g/mol.